The van der Waals surface area contributed by atoms with Crippen LogP contribution in [0, 0.1) is 0 Å². The zero-order valence-electron chi connectivity index (χ0n) is 14.9. The first-order valence-corrected chi connectivity index (χ1v) is 11.6. The van der Waals surface area contributed by atoms with Crippen molar-refractivity contribution in [3.63, 3.8) is 0 Å². The molecule has 0 aliphatic rings. The zero-order valence-corrected chi connectivity index (χ0v) is 16.7. The van der Waals surface area contributed by atoms with Gasteiger partial charge in [-0.1, -0.05) is 23.3 Å². The molecule has 0 amide bonds. The van der Waals surface area contributed by atoms with Crippen LogP contribution >= 0.6 is 15.0 Å². The van der Waals surface area contributed by atoms with Gasteiger partial charge in [-0.15, -0.1) is 0 Å². The van der Waals surface area contributed by atoms with Gasteiger partial charge >= 0.3 is 0 Å². The van der Waals surface area contributed by atoms with Crippen LogP contribution in [-0.2, 0) is 9.13 Å². The minimum atomic E-state index is -4.74. The van der Waals surface area contributed by atoms with E-state index in [1.165, 1.54) is 17.5 Å². The molecule has 2 unspecified atom stereocenters. The van der Waals surface area contributed by atoms with Crippen molar-refractivity contribution >= 4 is 21.3 Å². The molecular formula is C15H30N2O5P2. The highest BCUT2D eigenvalue weighted by atomic mass is 31.2. The standard InChI is InChI=1S/C15H30N2O5P2/c1-14(2)7-5-8-15(3)9-6-10-17(4)11-16-12-23(18,19)13-24(20,21)22/h7,9,11H,5-6,8,10,12-13H2,1-4H3,(H3,18,19,20,21,22)/b15-9+. The maximum atomic E-state index is 11.6. The first-order chi connectivity index (χ1) is 10.9. The van der Waals surface area contributed by atoms with E-state index in [4.69, 9.17) is 4.89 Å². The highest BCUT2D eigenvalue weighted by Crippen LogP contribution is 2.51. The SMILES string of the molecule is CC(C)=CCC/C(C)=C/CC[N+](C)=CNCP(=O)(O)CP(=O)([O-])O. The zero-order chi connectivity index (χ0) is 18.8. The Morgan fingerprint density at radius 3 is 2.33 bits per heavy atom. The molecule has 0 heterocycles. The molecule has 0 bridgehead atoms. The average molecular weight is 380 g/mol. The Kier molecular flexibility index (Phi) is 10.7. The summed E-state index contributed by atoms with van der Waals surface area (Å²) in [6, 6.07) is 0. The maximum Gasteiger partial charge on any atom is 0.248 e. The molecular weight excluding hydrogens is 350 g/mol. The van der Waals surface area contributed by atoms with E-state index < -0.39 is 27.2 Å². The molecule has 0 spiro atoms. The normalized spacial score (nSPS) is 17.8. The molecule has 0 aromatic rings. The molecule has 3 N–H and O–H groups in total. The van der Waals surface area contributed by atoms with Crippen molar-refractivity contribution in [3.05, 3.63) is 23.3 Å². The van der Waals surface area contributed by atoms with Gasteiger partial charge < -0.3 is 19.2 Å². The molecule has 0 aromatic carbocycles. The van der Waals surface area contributed by atoms with E-state index in [0.717, 1.165) is 25.8 Å². The Morgan fingerprint density at radius 2 is 1.79 bits per heavy atom. The van der Waals surface area contributed by atoms with E-state index in [1.54, 1.807) is 0 Å². The van der Waals surface area contributed by atoms with Crippen molar-refractivity contribution in [2.45, 2.75) is 40.0 Å². The second-order valence-electron chi connectivity index (χ2n) is 6.26. The van der Waals surface area contributed by atoms with Crippen molar-refractivity contribution in [1.29, 1.82) is 0 Å². The fourth-order valence-electron chi connectivity index (χ4n) is 1.94. The third kappa shape index (κ3) is 14.9. The van der Waals surface area contributed by atoms with Crippen molar-refractivity contribution in [2.24, 2.45) is 0 Å². The Balaban J connectivity index is 4.18. The topological polar surface area (TPSA) is 113 Å². The quantitative estimate of drug-likeness (QED) is 0.166. The Labute approximate surface area is 144 Å². The van der Waals surface area contributed by atoms with Crippen molar-refractivity contribution in [3.8, 4) is 0 Å². The van der Waals surface area contributed by atoms with Crippen LogP contribution in [0.2, 0.25) is 0 Å². The molecule has 9 heteroatoms. The van der Waals surface area contributed by atoms with Gasteiger partial charge in [0.05, 0.1) is 19.5 Å². The number of nitrogens with one attached hydrogen (secondary N) is 1. The minimum Gasteiger partial charge on any atom is -0.778 e. The summed E-state index contributed by atoms with van der Waals surface area (Å²) < 4.78 is 24.0. The van der Waals surface area contributed by atoms with Gasteiger partial charge in [-0.2, -0.15) is 0 Å². The Hall–Kier alpha value is -0.710. The molecule has 0 aliphatic heterocycles. The second kappa shape index (κ2) is 11.0. The van der Waals surface area contributed by atoms with E-state index in [2.05, 4.69) is 38.2 Å². The largest absolute Gasteiger partial charge is 0.778 e. The van der Waals surface area contributed by atoms with Crippen LogP contribution in [0.3, 0.4) is 0 Å². The summed E-state index contributed by atoms with van der Waals surface area (Å²) in [7, 11) is -6.87. The van der Waals surface area contributed by atoms with Gasteiger partial charge in [0.2, 0.25) is 13.7 Å². The number of allylic oxidation sites excluding steroid dienone is 3. The van der Waals surface area contributed by atoms with Gasteiger partial charge in [0, 0.05) is 6.42 Å². The number of hydrogen-bond acceptors (Lipinski definition) is 3. The smallest absolute Gasteiger partial charge is 0.248 e. The first kappa shape index (κ1) is 23.3. The highest BCUT2D eigenvalue weighted by Gasteiger charge is 2.25. The molecule has 0 saturated heterocycles. The van der Waals surface area contributed by atoms with Gasteiger partial charge in [0.1, 0.15) is 7.60 Å². The molecule has 7 nitrogen and oxygen atoms in total. The van der Waals surface area contributed by atoms with Crippen LogP contribution in [0.25, 0.3) is 0 Å². The van der Waals surface area contributed by atoms with Gasteiger partial charge in [0.25, 0.3) is 0 Å². The highest BCUT2D eigenvalue weighted by molar-refractivity contribution is 7.72. The molecule has 0 aromatic heterocycles. The number of nitrogens with zero attached hydrogens (tertiary/aromatic N) is 1. The summed E-state index contributed by atoms with van der Waals surface area (Å²) >= 11 is 0. The van der Waals surface area contributed by atoms with E-state index in [1.807, 2.05) is 11.6 Å². The predicted molar refractivity (Wildman–Crippen MR) is 96.7 cm³/mol. The summed E-state index contributed by atoms with van der Waals surface area (Å²) in [6.07, 6.45) is 8.42. The van der Waals surface area contributed by atoms with Gasteiger partial charge in [0.15, 0.2) is 6.29 Å². The lowest BCUT2D eigenvalue weighted by Gasteiger charge is -2.18. The molecule has 2 atom stereocenters. The van der Waals surface area contributed by atoms with Gasteiger partial charge in [-0.25, -0.2) is 0 Å². The summed E-state index contributed by atoms with van der Waals surface area (Å²) in [4.78, 5) is 28.7. The van der Waals surface area contributed by atoms with E-state index in [-0.39, 0.29) is 0 Å². The molecule has 0 aliphatic carbocycles. The van der Waals surface area contributed by atoms with E-state index in [0.29, 0.717) is 0 Å². The van der Waals surface area contributed by atoms with Crippen LogP contribution in [0.5, 0.6) is 0 Å². The van der Waals surface area contributed by atoms with E-state index >= 15 is 0 Å². The summed E-state index contributed by atoms with van der Waals surface area (Å²) in [6.45, 7) is 6.98. The van der Waals surface area contributed by atoms with Gasteiger partial charge in [-0.3, -0.25) is 14.5 Å². The average Bonchev–Trinajstić information content (AvgIpc) is 2.34. The molecule has 24 heavy (non-hydrogen) atoms. The summed E-state index contributed by atoms with van der Waals surface area (Å²) in [5, 5.41) is 2.62. The maximum absolute atomic E-state index is 11.6. The fourth-order valence-corrected chi connectivity index (χ4v) is 4.94. The summed E-state index contributed by atoms with van der Waals surface area (Å²) in [5.74, 6) is -1.11. The fraction of sp³-hybridized carbons (Fsp3) is 0.667. The van der Waals surface area contributed by atoms with Crippen LogP contribution in [0.4, 0.5) is 0 Å². The lowest BCUT2D eigenvalue weighted by molar-refractivity contribution is -0.493. The predicted octanol–water partition coefficient (Wildman–Crippen LogP) is 2.06. The minimum absolute atomic E-state index is 0.401. The summed E-state index contributed by atoms with van der Waals surface area (Å²) in [5.41, 5.74) is 2.64. The molecule has 140 valence electrons. The van der Waals surface area contributed by atoms with Crippen molar-refractivity contribution in [2.75, 3.05) is 25.8 Å². The lowest BCUT2D eigenvalue weighted by atomic mass is 10.1. The third-order valence-electron chi connectivity index (χ3n) is 3.12. The Bertz CT molecular complexity index is 574. The first-order valence-electron chi connectivity index (χ1n) is 7.81. The van der Waals surface area contributed by atoms with Crippen LogP contribution in [-0.4, -0.2) is 46.5 Å². The van der Waals surface area contributed by atoms with E-state index in [9.17, 15) is 18.9 Å². The number of hydrogen-bond donors (Lipinski definition) is 3. The lowest BCUT2D eigenvalue weighted by Crippen LogP contribution is -2.23. The van der Waals surface area contributed by atoms with Crippen molar-refractivity contribution in [1.82, 2.24) is 5.32 Å². The molecule has 0 fully saturated rings. The molecule has 0 saturated carbocycles. The van der Waals surface area contributed by atoms with Gasteiger partial charge in [-0.05, 0) is 33.6 Å². The van der Waals surface area contributed by atoms with Crippen LogP contribution in [0.15, 0.2) is 23.3 Å². The van der Waals surface area contributed by atoms with Crippen molar-refractivity contribution < 1.29 is 28.4 Å². The van der Waals surface area contributed by atoms with Crippen LogP contribution < -0.4 is 10.2 Å². The molecule has 0 rings (SSSR count). The second-order valence-corrected chi connectivity index (χ2v) is 10.7. The Morgan fingerprint density at radius 1 is 1.17 bits per heavy atom. The number of rotatable bonds is 11. The monoisotopic (exact) mass is 380 g/mol. The third-order valence-corrected chi connectivity index (χ3v) is 6.99. The van der Waals surface area contributed by atoms with Crippen LogP contribution in [0.1, 0.15) is 40.0 Å². The molecule has 0 radical (unpaired) electrons.